The van der Waals surface area contributed by atoms with E-state index in [9.17, 15) is 0 Å². The first kappa shape index (κ1) is 18.5. The van der Waals surface area contributed by atoms with Crippen molar-refractivity contribution in [1.29, 1.82) is 0 Å². The number of pyridine rings is 1. The van der Waals surface area contributed by atoms with Crippen molar-refractivity contribution >= 4 is 0 Å². The van der Waals surface area contributed by atoms with E-state index in [1.807, 2.05) is 61.0 Å². The van der Waals surface area contributed by atoms with E-state index >= 15 is 0 Å². The van der Waals surface area contributed by atoms with Crippen LogP contribution in [-0.4, -0.2) is 34.5 Å². The van der Waals surface area contributed by atoms with Crippen LogP contribution in [0.25, 0.3) is 11.4 Å². The van der Waals surface area contributed by atoms with Crippen molar-refractivity contribution in [3.8, 4) is 23.0 Å². The van der Waals surface area contributed by atoms with E-state index in [2.05, 4.69) is 19.9 Å². The highest BCUT2D eigenvalue weighted by molar-refractivity contribution is 5.53. The Morgan fingerprint density at radius 3 is 2.47 bits per heavy atom. The van der Waals surface area contributed by atoms with Crippen molar-refractivity contribution in [1.82, 2.24) is 34.5 Å². The first-order valence-corrected chi connectivity index (χ1v) is 10.2. The Balaban J connectivity index is 1.34. The average molecular weight is 401 g/mol. The zero-order chi connectivity index (χ0) is 20.5. The summed E-state index contributed by atoms with van der Waals surface area (Å²) in [5, 5.41) is 13.2. The number of nitrogens with zero attached hydrogens (tertiary/aromatic N) is 7. The smallest absolute Gasteiger partial charge is 0.219 e. The van der Waals surface area contributed by atoms with Gasteiger partial charge in [0.2, 0.25) is 5.88 Å². The third-order valence-electron chi connectivity index (χ3n) is 5.31. The van der Waals surface area contributed by atoms with Crippen LogP contribution < -0.4 is 4.74 Å². The third-order valence-corrected chi connectivity index (χ3v) is 5.31. The molecule has 0 bridgehead atoms. The summed E-state index contributed by atoms with van der Waals surface area (Å²) >= 11 is 0. The number of ether oxygens (including phenoxy) is 1. The molecule has 3 aromatic heterocycles. The number of aromatic nitrogens is 7. The second kappa shape index (κ2) is 7.70. The van der Waals surface area contributed by atoms with Gasteiger partial charge in [0.1, 0.15) is 23.2 Å². The van der Waals surface area contributed by atoms with Crippen molar-refractivity contribution in [2.24, 2.45) is 7.05 Å². The van der Waals surface area contributed by atoms with E-state index in [1.54, 1.807) is 6.20 Å². The standard InChI is InChI=1S/C22H23N7O/c1-15-25-26-20(28(15)2)12-11-19-24-22(27-29(19)17-9-10-17)16-8-13-21(23-14-16)30-18-6-4-3-5-7-18/h3-8,13-14,17H,9-12H2,1-2H3. The van der Waals surface area contributed by atoms with Gasteiger partial charge in [0.15, 0.2) is 5.82 Å². The highest BCUT2D eigenvalue weighted by atomic mass is 16.5. The Morgan fingerprint density at radius 2 is 1.80 bits per heavy atom. The number of rotatable bonds is 7. The van der Waals surface area contributed by atoms with E-state index in [-0.39, 0.29) is 0 Å². The fourth-order valence-corrected chi connectivity index (χ4v) is 3.33. The molecule has 8 heteroatoms. The van der Waals surface area contributed by atoms with Crippen LogP contribution >= 0.6 is 0 Å². The molecule has 5 rings (SSSR count). The molecule has 8 nitrogen and oxygen atoms in total. The van der Waals surface area contributed by atoms with Crippen LogP contribution in [0, 0.1) is 6.92 Å². The fourth-order valence-electron chi connectivity index (χ4n) is 3.33. The molecule has 1 saturated carbocycles. The van der Waals surface area contributed by atoms with Gasteiger partial charge in [-0.05, 0) is 38.0 Å². The van der Waals surface area contributed by atoms with Gasteiger partial charge in [-0.3, -0.25) is 0 Å². The van der Waals surface area contributed by atoms with Gasteiger partial charge >= 0.3 is 0 Å². The van der Waals surface area contributed by atoms with Crippen LogP contribution in [0.3, 0.4) is 0 Å². The lowest BCUT2D eigenvalue weighted by atomic mass is 10.2. The molecule has 4 aromatic rings. The molecule has 3 heterocycles. The van der Waals surface area contributed by atoms with Crippen molar-refractivity contribution < 1.29 is 4.74 Å². The van der Waals surface area contributed by atoms with E-state index in [4.69, 9.17) is 14.8 Å². The lowest BCUT2D eigenvalue weighted by Gasteiger charge is -2.04. The number of aryl methyl sites for hydroxylation is 3. The maximum Gasteiger partial charge on any atom is 0.219 e. The maximum atomic E-state index is 5.77. The summed E-state index contributed by atoms with van der Waals surface area (Å²) in [6.07, 6.45) is 5.63. The van der Waals surface area contributed by atoms with Crippen LogP contribution in [0.1, 0.15) is 36.4 Å². The third kappa shape index (κ3) is 3.80. The van der Waals surface area contributed by atoms with Gasteiger partial charge in [0, 0.05) is 37.7 Å². The first-order chi connectivity index (χ1) is 14.7. The summed E-state index contributed by atoms with van der Waals surface area (Å²) in [5.74, 6) is 4.86. The van der Waals surface area contributed by atoms with Gasteiger partial charge in [0.25, 0.3) is 0 Å². The number of para-hydroxylation sites is 1. The molecular weight excluding hydrogens is 378 g/mol. The Hall–Kier alpha value is -3.55. The van der Waals surface area contributed by atoms with Crippen LogP contribution in [0.5, 0.6) is 11.6 Å². The molecule has 0 radical (unpaired) electrons. The number of hydrogen-bond acceptors (Lipinski definition) is 6. The minimum atomic E-state index is 0.455. The summed E-state index contributed by atoms with van der Waals surface area (Å²) in [6, 6.07) is 13.9. The molecule has 0 N–H and O–H groups in total. The van der Waals surface area contributed by atoms with Gasteiger partial charge in [-0.25, -0.2) is 14.6 Å². The molecule has 152 valence electrons. The topological polar surface area (TPSA) is 83.5 Å². The van der Waals surface area contributed by atoms with Crippen LogP contribution in [-0.2, 0) is 19.9 Å². The van der Waals surface area contributed by atoms with Crippen LogP contribution in [0.4, 0.5) is 0 Å². The summed E-state index contributed by atoms with van der Waals surface area (Å²) in [7, 11) is 1.99. The SMILES string of the molecule is Cc1nnc(CCc2nc(-c3ccc(Oc4ccccc4)nc3)nn2C2CC2)n1C. The summed E-state index contributed by atoms with van der Waals surface area (Å²) in [5.41, 5.74) is 0.880. The van der Waals surface area contributed by atoms with Crippen LogP contribution in [0.15, 0.2) is 48.7 Å². The molecule has 30 heavy (non-hydrogen) atoms. The van der Waals surface area contributed by atoms with Gasteiger partial charge in [-0.2, -0.15) is 5.10 Å². The number of hydrogen-bond donors (Lipinski definition) is 0. The summed E-state index contributed by atoms with van der Waals surface area (Å²) in [6.45, 7) is 1.96. The molecular formula is C22H23N7O. The lowest BCUT2D eigenvalue weighted by Crippen LogP contribution is -2.07. The van der Waals surface area contributed by atoms with Crippen molar-refractivity contribution in [3.05, 3.63) is 66.1 Å². The maximum absolute atomic E-state index is 5.77. The largest absolute Gasteiger partial charge is 0.439 e. The molecule has 0 saturated heterocycles. The second-order valence-electron chi connectivity index (χ2n) is 7.55. The first-order valence-electron chi connectivity index (χ1n) is 10.2. The van der Waals surface area contributed by atoms with Crippen molar-refractivity contribution in [2.45, 2.75) is 38.6 Å². The van der Waals surface area contributed by atoms with E-state index in [0.29, 0.717) is 17.7 Å². The van der Waals surface area contributed by atoms with Crippen LogP contribution in [0.2, 0.25) is 0 Å². The Labute approximate surface area is 174 Å². The average Bonchev–Trinajstić information content (AvgIpc) is 3.46. The fraction of sp³-hybridized carbons (Fsp3) is 0.318. The van der Waals surface area contributed by atoms with Gasteiger partial charge in [0.05, 0.1) is 6.04 Å². The number of benzene rings is 1. The van der Waals surface area contributed by atoms with E-state index in [0.717, 1.165) is 54.5 Å². The Bertz CT molecular complexity index is 1140. The molecule has 0 amide bonds. The van der Waals surface area contributed by atoms with Gasteiger partial charge < -0.3 is 9.30 Å². The predicted molar refractivity (Wildman–Crippen MR) is 111 cm³/mol. The molecule has 0 atom stereocenters. The second-order valence-corrected chi connectivity index (χ2v) is 7.55. The highest BCUT2D eigenvalue weighted by Gasteiger charge is 2.28. The summed E-state index contributed by atoms with van der Waals surface area (Å²) in [4.78, 5) is 9.25. The van der Waals surface area contributed by atoms with Crippen molar-refractivity contribution in [2.75, 3.05) is 0 Å². The predicted octanol–water partition coefficient (Wildman–Crippen LogP) is 3.69. The quantitative estimate of drug-likeness (QED) is 0.470. The monoisotopic (exact) mass is 401 g/mol. The molecule has 0 unspecified atom stereocenters. The molecule has 0 spiro atoms. The van der Waals surface area contributed by atoms with Gasteiger partial charge in [-0.1, -0.05) is 18.2 Å². The molecule has 1 aliphatic rings. The molecule has 1 fully saturated rings. The molecule has 0 aliphatic heterocycles. The molecule has 1 aliphatic carbocycles. The van der Waals surface area contributed by atoms with Crippen molar-refractivity contribution in [3.63, 3.8) is 0 Å². The Kier molecular flexibility index (Phi) is 4.74. The minimum absolute atomic E-state index is 0.455. The summed E-state index contributed by atoms with van der Waals surface area (Å²) < 4.78 is 9.87. The van der Waals surface area contributed by atoms with E-state index < -0.39 is 0 Å². The molecule has 1 aromatic carbocycles. The lowest BCUT2D eigenvalue weighted by molar-refractivity contribution is 0.463. The van der Waals surface area contributed by atoms with E-state index in [1.165, 1.54) is 0 Å². The zero-order valence-corrected chi connectivity index (χ0v) is 17.1. The zero-order valence-electron chi connectivity index (χ0n) is 17.1. The minimum Gasteiger partial charge on any atom is -0.439 e. The highest BCUT2D eigenvalue weighted by Crippen LogP contribution is 2.36. The normalized spacial score (nSPS) is 13.5. The van der Waals surface area contributed by atoms with Gasteiger partial charge in [-0.15, -0.1) is 10.2 Å². The Morgan fingerprint density at radius 1 is 1.00 bits per heavy atom.